The largest absolute Gasteiger partial charge is 0.481 e. The summed E-state index contributed by atoms with van der Waals surface area (Å²) in [5.41, 5.74) is 5.54. The molecular weight excluding hydrogens is 444 g/mol. The fourth-order valence-electron chi connectivity index (χ4n) is 4.46. The van der Waals surface area contributed by atoms with Gasteiger partial charge in [0, 0.05) is 11.6 Å². The van der Waals surface area contributed by atoms with Gasteiger partial charge in [0.15, 0.2) is 0 Å². The molecule has 2 amide bonds. The molecule has 1 aliphatic rings. The number of carbonyl (C=O) groups excluding carboxylic acids is 2. The van der Waals surface area contributed by atoms with Crippen molar-refractivity contribution in [1.82, 2.24) is 5.32 Å². The number of nitrogens with one attached hydrogen (secondary N) is 2. The maximum atomic E-state index is 12.9. The Hall–Kier alpha value is -4.13. The number of aliphatic carboxylic acids is 1. The number of carbonyl (C=O) groups is 3. The highest BCUT2D eigenvalue weighted by Crippen LogP contribution is 2.44. The molecule has 0 unspecified atom stereocenters. The second-order valence-corrected chi connectivity index (χ2v) is 8.95. The highest BCUT2D eigenvalue weighted by Gasteiger charge is 2.30. The molecule has 3 N–H and O–H groups in total. The number of hydrogen-bond donors (Lipinski definition) is 3. The van der Waals surface area contributed by atoms with Crippen molar-refractivity contribution in [3.05, 3.63) is 89.5 Å². The number of carboxylic acid groups (broad SMARTS) is 1. The van der Waals surface area contributed by atoms with E-state index in [4.69, 9.17) is 9.84 Å². The molecule has 0 fully saturated rings. The molecule has 0 saturated carbocycles. The number of benzene rings is 3. The van der Waals surface area contributed by atoms with Crippen LogP contribution in [0.2, 0.25) is 0 Å². The molecule has 7 heteroatoms. The van der Waals surface area contributed by atoms with Crippen LogP contribution in [0.1, 0.15) is 36.5 Å². The lowest BCUT2D eigenvalue weighted by Crippen LogP contribution is -2.47. The number of hydrogen-bond acceptors (Lipinski definition) is 4. The molecule has 0 bridgehead atoms. The van der Waals surface area contributed by atoms with Gasteiger partial charge in [-0.25, -0.2) is 4.79 Å². The van der Waals surface area contributed by atoms with Gasteiger partial charge < -0.3 is 20.5 Å². The van der Waals surface area contributed by atoms with Gasteiger partial charge in [-0.1, -0.05) is 74.5 Å². The van der Waals surface area contributed by atoms with E-state index in [0.717, 1.165) is 22.3 Å². The third kappa shape index (κ3) is 5.51. The molecule has 3 aromatic carbocycles. The van der Waals surface area contributed by atoms with E-state index in [1.165, 1.54) is 0 Å². The van der Waals surface area contributed by atoms with Gasteiger partial charge in [-0.05, 0) is 45.9 Å². The standard InChI is InChI=1S/C28H28N2O5/c1-17(2)26(27(33)29-19-9-7-8-18(14-19)15-25(31)32)30-28(34)35-16-24-22-12-5-3-10-20(22)21-11-4-6-13-23(21)24/h3-14,17,24,26H,15-16H2,1-2H3,(H,29,33)(H,30,34)(H,31,32)/t26-/m0/s1. The fraction of sp³-hybridized carbons (Fsp3) is 0.250. The maximum Gasteiger partial charge on any atom is 0.407 e. The molecule has 0 aliphatic heterocycles. The normalized spacial score (nSPS) is 13.0. The van der Waals surface area contributed by atoms with Crippen molar-refractivity contribution in [1.29, 1.82) is 0 Å². The van der Waals surface area contributed by atoms with Crippen LogP contribution in [0.5, 0.6) is 0 Å². The van der Waals surface area contributed by atoms with Crippen LogP contribution in [-0.2, 0) is 20.7 Å². The van der Waals surface area contributed by atoms with Crippen LogP contribution in [0.25, 0.3) is 11.1 Å². The minimum atomic E-state index is -0.953. The summed E-state index contributed by atoms with van der Waals surface area (Å²) >= 11 is 0. The molecule has 1 atom stereocenters. The molecule has 35 heavy (non-hydrogen) atoms. The summed E-state index contributed by atoms with van der Waals surface area (Å²) in [5.74, 6) is -1.62. The molecule has 0 heterocycles. The Kier molecular flexibility index (Phi) is 7.15. The monoisotopic (exact) mass is 472 g/mol. The van der Waals surface area contributed by atoms with Gasteiger partial charge in [0.05, 0.1) is 6.42 Å². The van der Waals surface area contributed by atoms with Crippen molar-refractivity contribution in [3.8, 4) is 11.1 Å². The van der Waals surface area contributed by atoms with E-state index < -0.39 is 24.0 Å². The van der Waals surface area contributed by atoms with Crippen molar-refractivity contribution in [2.45, 2.75) is 32.2 Å². The number of fused-ring (bicyclic) bond motifs is 3. The van der Waals surface area contributed by atoms with Crippen molar-refractivity contribution < 1.29 is 24.2 Å². The first-order valence-corrected chi connectivity index (χ1v) is 11.6. The topological polar surface area (TPSA) is 105 Å². The Labute approximate surface area is 204 Å². The molecule has 0 aromatic heterocycles. The predicted molar refractivity (Wildman–Crippen MR) is 133 cm³/mol. The number of carboxylic acids is 1. The zero-order valence-electron chi connectivity index (χ0n) is 19.7. The first-order chi connectivity index (χ1) is 16.8. The fourth-order valence-corrected chi connectivity index (χ4v) is 4.46. The number of ether oxygens (including phenoxy) is 1. The summed E-state index contributed by atoms with van der Waals surface area (Å²) in [6.07, 6.45) is -0.810. The average molecular weight is 473 g/mol. The molecule has 0 spiro atoms. The summed E-state index contributed by atoms with van der Waals surface area (Å²) in [4.78, 5) is 36.6. The smallest absolute Gasteiger partial charge is 0.407 e. The summed E-state index contributed by atoms with van der Waals surface area (Å²) in [7, 11) is 0. The van der Waals surface area contributed by atoms with Gasteiger partial charge in [0.2, 0.25) is 5.91 Å². The van der Waals surface area contributed by atoms with Crippen molar-refractivity contribution in [2.24, 2.45) is 5.92 Å². The molecule has 0 radical (unpaired) electrons. The van der Waals surface area contributed by atoms with Gasteiger partial charge in [0.1, 0.15) is 12.6 Å². The molecule has 1 aliphatic carbocycles. The third-order valence-electron chi connectivity index (χ3n) is 6.12. The molecule has 0 saturated heterocycles. The van der Waals surface area contributed by atoms with Crippen LogP contribution in [0, 0.1) is 5.92 Å². The van der Waals surface area contributed by atoms with Gasteiger partial charge in [-0.2, -0.15) is 0 Å². The first-order valence-electron chi connectivity index (χ1n) is 11.6. The highest BCUT2D eigenvalue weighted by atomic mass is 16.5. The Morgan fingerprint density at radius 3 is 2.14 bits per heavy atom. The number of rotatable bonds is 8. The minimum absolute atomic E-state index is 0.0727. The third-order valence-corrected chi connectivity index (χ3v) is 6.12. The summed E-state index contributed by atoms with van der Waals surface area (Å²) in [5, 5.41) is 14.4. The number of amides is 2. The molecular formula is C28H28N2O5. The molecule has 3 aromatic rings. The summed E-state index contributed by atoms with van der Waals surface area (Å²) < 4.78 is 5.59. The highest BCUT2D eigenvalue weighted by molar-refractivity contribution is 5.97. The van der Waals surface area contributed by atoms with Gasteiger partial charge in [-0.3, -0.25) is 9.59 Å². The van der Waals surface area contributed by atoms with Crippen molar-refractivity contribution >= 4 is 23.7 Å². The number of anilines is 1. The zero-order chi connectivity index (χ0) is 24.9. The Bertz CT molecular complexity index is 1210. The van der Waals surface area contributed by atoms with E-state index in [9.17, 15) is 14.4 Å². The predicted octanol–water partition coefficient (Wildman–Crippen LogP) is 4.82. The van der Waals surface area contributed by atoms with Crippen LogP contribution in [0.4, 0.5) is 10.5 Å². The molecule has 7 nitrogen and oxygen atoms in total. The van der Waals surface area contributed by atoms with Gasteiger partial charge in [0.25, 0.3) is 0 Å². The Balaban J connectivity index is 1.40. The van der Waals surface area contributed by atoms with Crippen LogP contribution in [0.15, 0.2) is 72.8 Å². The lowest BCUT2D eigenvalue weighted by atomic mass is 9.98. The van der Waals surface area contributed by atoms with Crippen molar-refractivity contribution in [3.63, 3.8) is 0 Å². The van der Waals surface area contributed by atoms with E-state index >= 15 is 0 Å². The Morgan fingerprint density at radius 2 is 1.54 bits per heavy atom. The van der Waals surface area contributed by atoms with Crippen LogP contribution >= 0.6 is 0 Å². The van der Waals surface area contributed by atoms with Gasteiger partial charge in [-0.15, -0.1) is 0 Å². The van der Waals surface area contributed by atoms with Crippen molar-refractivity contribution in [2.75, 3.05) is 11.9 Å². The van der Waals surface area contributed by atoms with Crippen LogP contribution in [0.3, 0.4) is 0 Å². The second kappa shape index (κ2) is 10.4. The van der Waals surface area contributed by atoms with E-state index in [-0.39, 0.29) is 24.9 Å². The van der Waals surface area contributed by atoms with E-state index in [0.29, 0.717) is 11.3 Å². The lowest BCUT2D eigenvalue weighted by molar-refractivity contribution is -0.136. The van der Waals surface area contributed by atoms with Gasteiger partial charge >= 0.3 is 12.1 Å². The lowest BCUT2D eigenvalue weighted by Gasteiger charge is -2.22. The quantitative estimate of drug-likeness (QED) is 0.436. The first kappa shape index (κ1) is 24.0. The van der Waals surface area contributed by atoms with E-state index in [1.807, 2.05) is 50.2 Å². The van der Waals surface area contributed by atoms with E-state index in [1.54, 1.807) is 24.3 Å². The minimum Gasteiger partial charge on any atom is -0.481 e. The maximum absolute atomic E-state index is 12.9. The zero-order valence-corrected chi connectivity index (χ0v) is 19.7. The van der Waals surface area contributed by atoms with Crippen LogP contribution in [-0.4, -0.2) is 35.7 Å². The summed E-state index contributed by atoms with van der Waals surface area (Å²) in [6.45, 7) is 3.81. The summed E-state index contributed by atoms with van der Waals surface area (Å²) in [6, 6.07) is 22.0. The SMILES string of the molecule is CC(C)[C@H](NC(=O)OCC1c2ccccc2-c2ccccc21)C(=O)Nc1cccc(CC(=O)O)c1. The van der Waals surface area contributed by atoms with E-state index in [2.05, 4.69) is 22.8 Å². The average Bonchev–Trinajstić information content (AvgIpc) is 3.14. The Morgan fingerprint density at radius 1 is 0.914 bits per heavy atom. The molecule has 4 rings (SSSR count). The van der Waals surface area contributed by atoms with Crippen LogP contribution < -0.4 is 10.6 Å². The molecule has 180 valence electrons. The number of alkyl carbamates (subject to hydrolysis) is 1. The second-order valence-electron chi connectivity index (χ2n) is 8.95.